The Morgan fingerprint density at radius 2 is 1.58 bits per heavy atom. The van der Waals surface area contributed by atoms with Crippen molar-refractivity contribution in [2.24, 2.45) is 0 Å². The van der Waals surface area contributed by atoms with Crippen LogP contribution in [0.2, 0.25) is 0 Å². The summed E-state index contributed by atoms with van der Waals surface area (Å²) in [5.41, 5.74) is 1.09. The van der Waals surface area contributed by atoms with Gasteiger partial charge in [-0.15, -0.1) is 0 Å². The summed E-state index contributed by atoms with van der Waals surface area (Å²) in [6, 6.07) is 14.8. The average molecular weight is 424 g/mol. The molecule has 7 nitrogen and oxygen atoms in total. The number of hydrogen-bond acceptors (Lipinski definition) is 5. The van der Waals surface area contributed by atoms with E-state index in [0.717, 1.165) is 22.7 Å². The fourth-order valence-corrected chi connectivity index (χ4v) is 4.42. The number of anilines is 1. The van der Waals surface area contributed by atoms with Crippen molar-refractivity contribution >= 4 is 17.5 Å². The number of methoxy groups -OCH3 is 2. The number of nitrogens with zero attached hydrogens (tertiary/aromatic N) is 1. The molecule has 0 aromatic heterocycles. The van der Waals surface area contributed by atoms with Crippen LogP contribution in [0.5, 0.6) is 11.5 Å². The lowest BCUT2D eigenvalue weighted by atomic mass is 9.73. The highest BCUT2D eigenvalue weighted by molar-refractivity contribution is 5.97. The first-order chi connectivity index (χ1) is 15.1. The number of rotatable bonds is 6. The van der Waals surface area contributed by atoms with Gasteiger partial charge in [0.1, 0.15) is 11.5 Å². The van der Waals surface area contributed by atoms with Crippen molar-refractivity contribution in [2.75, 3.05) is 38.9 Å². The molecule has 2 fully saturated rings. The van der Waals surface area contributed by atoms with Crippen LogP contribution in [0.1, 0.15) is 24.8 Å². The molecule has 2 heterocycles. The van der Waals surface area contributed by atoms with Gasteiger partial charge >= 0.3 is 0 Å². The first-order valence-corrected chi connectivity index (χ1v) is 10.5. The van der Waals surface area contributed by atoms with Crippen LogP contribution in [0.15, 0.2) is 48.5 Å². The van der Waals surface area contributed by atoms with E-state index in [-0.39, 0.29) is 24.3 Å². The molecule has 2 aliphatic rings. The molecule has 2 saturated heterocycles. The molecule has 1 atom stereocenters. The second-order valence-corrected chi connectivity index (χ2v) is 8.00. The molecular formula is C24H28N2O5. The molecule has 1 N–H and O–H groups in total. The molecule has 0 aliphatic carbocycles. The summed E-state index contributed by atoms with van der Waals surface area (Å²) in [7, 11) is 3.23. The van der Waals surface area contributed by atoms with Crippen molar-refractivity contribution in [2.45, 2.75) is 30.7 Å². The van der Waals surface area contributed by atoms with Crippen LogP contribution >= 0.6 is 0 Å². The zero-order chi connectivity index (χ0) is 21.8. The first-order valence-electron chi connectivity index (χ1n) is 10.5. The van der Waals surface area contributed by atoms with Crippen molar-refractivity contribution in [1.29, 1.82) is 0 Å². The highest BCUT2D eigenvalue weighted by atomic mass is 16.5. The standard InChI is InChI=1S/C24H28N2O5/c1-29-20-7-3-17(4-8-20)24(11-13-31-14-12-24)23(28)25-18-15-22(27)26(16-18)19-5-9-21(30-2)10-6-19/h3-10,18H,11-16H2,1-2H3,(H,25,28)/t18-/m0/s1. The van der Waals surface area contributed by atoms with E-state index in [1.807, 2.05) is 48.5 Å². The molecule has 7 heteroatoms. The molecule has 2 aromatic rings. The Kier molecular flexibility index (Phi) is 6.13. The van der Waals surface area contributed by atoms with Gasteiger partial charge in [-0.2, -0.15) is 0 Å². The number of ether oxygens (including phenoxy) is 3. The van der Waals surface area contributed by atoms with Gasteiger partial charge in [0.05, 0.1) is 25.7 Å². The monoisotopic (exact) mass is 424 g/mol. The zero-order valence-electron chi connectivity index (χ0n) is 17.9. The SMILES string of the molecule is COc1ccc(N2C[C@@H](NC(=O)C3(c4ccc(OC)cc4)CCOCC3)CC2=O)cc1. The molecular weight excluding hydrogens is 396 g/mol. The number of carbonyl (C=O) groups excluding carboxylic acids is 2. The van der Waals surface area contributed by atoms with Gasteiger partial charge in [0.25, 0.3) is 0 Å². The minimum absolute atomic E-state index is 0.000872. The molecule has 2 amide bonds. The maximum Gasteiger partial charge on any atom is 0.231 e. The van der Waals surface area contributed by atoms with Crippen LogP contribution in [0.25, 0.3) is 0 Å². The lowest BCUT2D eigenvalue weighted by Crippen LogP contribution is -2.51. The van der Waals surface area contributed by atoms with Gasteiger partial charge < -0.3 is 24.4 Å². The van der Waals surface area contributed by atoms with Gasteiger partial charge in [-0.05, 0) is 54.8 Å². The summed E-state index contributed by atoms with van der Waals surface area (Å²) < 4.78 is 16.0. The summed E-state index contributed by atoms with van der Waals surface area (Å²) in [6.07, 6.45) is 1.50. The van der Waals surface area contributed by atoms with E-state index in [4.69, 9.17) is 14.2 Å². The van der Waals surface area contributed by atoms with Crippen LogP contribution in [0, 0.1) is 0 Å². The van der Waals surface area contributed by atoms with Crippen LogP contribution in [0.3, 0.4) is 0 Å². The Morgan fingerprint density at radius 1 is 1.00 bits per heavy atom. The van der Waals surface area contributed by atoms with Crippen LogP contribution in [0.4, 0.5) is 5.69 Å². The van der Waals surface area contributed by atoms with E-state index in [1.54, 1.807) is 19.1 Å². The van der Waals surface area contributed by atoms with Gasteiger partial charge in [-0.1, -0.05) is 12.1 Å². The second kappa shape index (κ2) is 8.98. The molecule has 31 heavy (non-hydrogen) atoms. The average Bonchev–Trinajstić information content (AvgIpc) is 3.19. The topological polar surface area (TPSA) is 77.1 Å². The maximum atomic E-state index is 13.5. The smallest absolute Gasteiger partial charge is 0.231 e. The van der Waals surface area contributed by atoms with Crippen LogP contribution in [-0.4, -0.2) is 51.8 Å². The molecule has 0 bridgehead atoms. The predicted octanol–water partition coefficient (Wildman–Crippen LogP) is 2.67. The van der Waals surface area contributed by atoms with Crippen molar-refractivity contribution < 1.29 is 23.8 Å². The Balaban J connectivity index is 1.50. The van der Waals surface area contributed by atoms with E-state index >= 15 is 0 Å². The molecule has 0 spiro atoms. The van der Waals surface area contributed by atoms with E-state index in [1.165, 1.54) is 0 Å². The lowest BCUT2D eigenvalue weighted by Gasteiger charge is -2.37. The Bertz CT molecular complexity index is 920. The molecule has 0 unspecified atom stereocenters. The number of benzene rings is 2. The van der Waals surface area contributed by atoms with Crippen molar-refractivity contribution in [3.63, 3.8) is 0 Å². The van der Waals surface area contributed by atoms with E-state index in [9.17, 15) is 9.59 Å². The summed E-state index contributed by atoms with van der Waals surface area (Å²) in [5.74, 6) is 1.44. The van der Waals surface area contributed by atoms with Crippen molar-refractivity contribution in [1.82, 2.24) is 5.32 Å². The summed E-state index contributed by atoms with van der Waals surface area (Å²) in [5, 5.41) is 3.16. The molecule has 164 valence electrons. The van der Waals surface area contributed by atoms with Gasteiger partial charge in [-0.3, -0.25) is 9.59 Å². The zero-order valence-corrected chi connectivity index (χ0v) is 17.9. The highest BCUT2D eigenvalue weighted by Gasteiger charge is 2.43. The van der Waals surface area contributed by atoms with Crippen LogP contribution in [-0.2, 0) is 19.7 Å². The van der Waals surface area contributed by atoms with Gasteiger partial charge in [0.15, 0.2) is 0 Å². The first kappa shape index (κ1) is 21.2. The quantitative estimate of drug-likeness (QED) is 0.772. The van der Waals surface area contributed by atoms with Gasteiger partial charge in [0.2, 0.25) is 11.8 Å². The fraction of sp³-hybridized carbons (Fsp3) is 0.417. The minimum Gasteiger partial charge on any atom is -0.497 e. The highest BCUT2D eigenvalue weighted by Crippen LogP contribution is 2.36. The molecule has 0 radical (unpaired) electrons. The fourth-order valence-electron chi connectivity index (χ4n) is 4.42. The lowest BCUT2D eigenvalue weighted by molar-refractivity contribution is -0.131. The van der Waals surface area contributed by atoms with E-state index in [0.29, 0.717) is 32.6 Å². The third-order valence-electron chi connectivity index (χ3n) is 6.27. The summed E-state index contributed by atoms with van der Waals surface area (Å²) in [4.78, 5) is 27.9. The van der Waals surface area contributed by atoms with Crippen molar-refractivity contribution in [3.8, 4) is 11.5 Å². The summed E-state index contributed by atoms with van der Waals surface area (Å²) >= 11 is 0. The minimum atomic E-state index is -0.666. The van der Waals surface area contributed by atoms with Gasteiger partial charge in [0, 0.05) is 31.9 Å². The number of nitrogens with one attached hydrogen (secondary N) is 1. The summed E-state index contributed by atoms with van der Waals surface area (Å²) in [6.45, 7) is 1.51. The number of amides is 2. The Labute approximate surface area is 182 Å². The van der Waals surface area contributed by atoms with Crippen LogP contribution < -0.4 is 19.7 Å². The van der Waals surface area contributed by atoms with E-state index in [2.05, 4.69) is 5.32 Å². The Morgan fingerprint density at radius 3 is 2.16 bits per heavy atom. The predicted molar refractivity (Wildman–Crippen MR) is 117 cm³/mol. The van der Waals surface area contributed by atoms with Gasteiger partial charge in [-0.25, -0.2) is 0 Å². The Hall–Kier alpha value is -3.06. The normalized spacial score (nSPS) is 20.4. The third kappa shape index (κ3) is 4.23. The molecule has 2 aromatic carbocycles. The molecule has 2 aliphatic heterocycles. The molecule has 0 saturated carbocycles. The number of carbonyl (C=O) groups is 2. The third-order valence-corrected chi connectivity index (χ3v) is 6.27. The second-order valence-electron chi connectivity index (χ2n) is 8.00. The largest absolute Gasteiger partial charge is 0.497 e. The van der Waals surface area contributed by atoms with E-state index < -0.39 is 5.41 Å². The maximum absolute atomic E-state index is 13.5. The van der Waals surface area contributed by atoms with Crippen molar-refractivity contribution in [3.05, 3.63) is 54.1 Å². The number of hydrogen-bond donors (Lipinski definition) is 1. The molecule has 4 rings (SSSR count).